The summed E-state index contributed by atoms with van der Waals surface area (Å²) >= 11 is 0. The minimum absolute atomic E-state index is 0.0567. The number of ether oxygens (including phenoxy) is 1. The molecule has 1 saturated heterocycles. The second-order valence-corrected chi connectivity index (χ2v) is 5.53. The zero-order valence-corrected chi connectivity index (χ0v) is 12.0. The first-order valence-corrected chi connectivity index (χ1v) is 7.28. The fourth-order valence-corrected chi connectivity index (χ4v) is 2.84. The normalized spacial score (nSPS) is 18.3. The Morgan fingerprint density at radius 1 is 1.52 bits per heavy atom. The lowest BCUT2D eigenvalue weighted by Crippen LogP contribution is -2.32. The molecule has 1 amide bonds. The van der Waals surface area contributed by atoms with E-state index in [1.54, 1.807) is 6.07 Å². The summed E-state index contributed by atoms with van der Waals surface area (Å²) in [7, 11) is 0. The lowest BCUT2D eigenvalue weighted by atomic mass is 10.1. The molecule has 0 spiro atoms. The number of hydrogen-bond acceptors (Lipinski definition) is 2. The predicted molar refractivity (Wildman–Crippen MR) is 78.7 cm³/mol. The number of aromatic nitrogens is 1. The summed E-state index contributed by atoms with van der Waals surface area (Å²) in [6, 6.07) is 4.59. The molecule has 0 aliphatic carbocycles. The molecule has 112 valence electrons. The van der Waals surface area contributed by atoms with Crippen LogP contribution in [0, 0.1) is 12.7 Å². The van der Waals surface area contributed by atoms with E-state index in [-0.39, 0.29) is 24.2 Å². The zero-order valence-electron chi connectivity index (χ0n) is 12.0. The van der Waals surface area contributed by atoms with Crippen LogP contribution in [0.15, 0.2) is 18.2 Å². The van der Waals surface area contributed by atoms with E-state index in [0.717, 1.165) is 41.6 Å². The highest BCUT2D eigenvalue weighted by Gasteiger charge is 2.17. The van der Waals surface area contributed by atoms with E-state index < -0.39 is 0 Å². The van der Waals surface area contributed by atoms with E-state index in [9.17, 15) is 9.18 Å². The molecular formula is C16H19FN2O2. The monoisotopic (exact) mass is 290 g/mol. The Morgan fingerprint density at radius 3 is 3.14 bits per heavy atom. The van der Waals surface area contributed by atoms with Crippen LogP contribution < -0.4 is 5.32 Å². The molecule has 0 bridgehead atoms. The van der Waals surface area contributed by atoms with E-state index in [0.29, 0.717) is 6.54 Å². The molecule has 1 atom stereocenters. The van der Waals surface area contributed by atoms with Crippen LogP contribution in [0.1, 0.15) is 24.1 Å². The van der Waals surface area contributed by atoms with Gasteiger partial charge >= 0.3 is 0 Å². The number of hydrogen-bond donors (Lipinski definition) is 2. The molecule has 1 aliphatic rings. The second-order valence-electron chi connectivity index (χ2n) is 5.53. The van der Waals surface area contributed by atoms with E-state index in [2.05, 4.69) is 10.3 Å². The molecule has 1 aromatic carbocycles. The molecule has 1 aromatic heterocycles. The molecule has 4 nitrogen and oxygen atoms in total. The van der Waals surface area contributed by atoms with Crippen LogP contribution in [-0.4, -0.2) is 30.1 Å². The van der Waals surface area contributed by atoms with Gasteiger partial charge in [0.15, 0.2) is 0 Å². The summed E-state index contributed by atoms with van der Waals surface area (Å²) in [4.78, 5) is 15.3. The zero-order chi connectivity index (χ0) is 14.8. The van der Waals surface area contributed by atoms with Crippen LogP contribution in [0.3, 0.4) is 0 Å². The van der Waals surface area contributed by atoms with Crippen LogP contribution in [0.4, 0.5) is 4.39 Å². The number of fused-ring (bicyclic) bond motifs is 1. The number of amides is 1. The van der Waals surface area contributed by atoms with Crippen LogP contribution >= 0.6 is 0 Å². The average Bonchev–Trinajstić information content (AvgIpc) is 3.06. The number of benzene rings is 1. The van der Waals surface area contributed by atoms with Crippen molar-refractivity contribution in [2.45, 2.75) is 32.3 Å². The average molecular weight is 290 g/mol. The van der Waals surface area contributed by atoms with Gasteiger partial charge < -0.3 is 15.0 Å². The Morgan fingerprint density at radius 2 is 2.38 bits per heavy atom. The summed E-state index contributed by atoms with van der Waals surface area (Å²) < 4.78 is 18.9. The van der Waals surface area contributed by atoms with Gasteiger partial charge in [-0.25, -0.2) is 4.39 Å². The minimum Gasteiger partial charge on any atom is -0.376 e. The Bertz CT molecular complexity index is 660. The maximum absolute atomic E-state index is 13.4. The molecule has 0 radical (unpaired) electrons. The number of H-pyrrole nitrogens is 1. The first-order chi connectivity index (χ1) is 10.1. The Labute approximate surface area is 122 Å². The Kier molecular flexibility index (Phi) is 3.92. The smallest absolute Gasteiger partial charge is 0.224 e. The van der Waals surface area contributed by atoms with Crippen molar-refractivity contribution in [3.8, 4) is 0 Å². The fraction of sp³-hybridized carbons (Fsp3) is 0.438. The van der Waals surface area contributed by atoms with Crippen molar-refractivity contribution >= 4 is 16.8 Å². The van der Waals surface area contributed by atoms with Gasteiger partial charge in [0.2, 0.25) is 5.91 Å². The van der Waals surface area contributed by atoms with Crippen molar-refractivity contribution in [3.63, 3.8) is 0 Å². The van der Waals surface area contributed by atoms with Crippen molar-refractivity contribution in [3.05, 3.63) is 35.3 Å². The maximum atomic E-state index is 13.4. The standard InChI is InChI=1S/C16H19FN2O2/c1-10-13(14-7-11(17)4-5-15(14)19-10)8-16(20)18-9-12-3-2-6-21-12/h4-5,7,12,19H,2-3,6,8-9H2,1H3,(H,18,20)/t12-/m0/s1. The number of rotatable bonds is 4. The highest BCUT2D eigenvalue weighted by Crippen LogP contribution is 2.23. The third-order valence-corrected chi connectivity index (χ3v) is 3.97. The van der Waals surface area contributed by atoms with Gasteiger partial charge in [-0.1, -0.05) is 0 Å². The van der Waals surface area contributed by atoms with Gasteiger partial charge in [0.1, 0.15) is 5.82 Å². The first-order valence-electron chi connectivity index (χ1n) is 7.28. The summed E-state index contributed by atoms with van der Waals surface area (Å²) in [5, 5.41) is 3.68. The molecule has 2 N–H and O–H groups in total. The topological polar surface area (TPSA) is 54.1 Å². The SMILES string of the molecule is Cc1[nH]c2ccc(F)cc2c1CC(=O)NC[C@@H]1CCCO1. The summed E-state index contributed by atoms with van der Waals surface area (Å²) in [5.41, 5.74) is 2.62. The molecule has 1 aliphatic heterocycles. The molecule has 3 rings (SSSR count). The lowest BCUT2D eigenvalue weighted by Gasteiger charge is -2.10. The number of carbonyl (C=O) groups is 1. The molecular weight excluding hydrogens is 271 g/mol. The van der Waals surface area contributed by atoms with Gasteiger partial charge in [0.05, 0.1) is 12.5 Å². The number of halogens is 1. The van der Waals surface area contributed by atoms with E-state index in [1.807, 2.05) is 6.92 Å². The van der Waals surface area contributed by atoms with Crippen LogP contribution in [0.2, 0.25) is 0 Å². The number of aryl methyl sites for hydroxylation is 1. The third-order valence-electron chi connectivity index (χ3n) is 3.97. The maximum Gasteiger partial charge on any atom is 0.224 e. The first kappa shape index (κ1) is 14.1. The Hall–Kier alpha value is -1.88. The molecule has 21 heavy (non-hydrogen) atoms. The van der Waals surface area contributed by atoms with Gasteiger partial charge in [0, 0.05) is 29.7 Å². The van der Waals surface area contributed by atoms with Gasteiger partial charge in [-0.05, 0) is 43.5 Å². The fourth-order valence-electron chi connectivity index (χ4n) is 2.84. The minimum atomic E-state index is -0.289. The molecule has 2 heterocycles. The molecule has 0 unspecified atom stereocenters. The van der Waals surface area contributed by atoms with Crippen LogP contribution in [0.25, 0.3) is 10.9 Å². The molecule has 0 saturated carbocycles. The lowest BCUT2D eigenvalue weighted by molar-refractivity contribution is -0.120. The van der Waals surface area contributed by atoms with Gasteiger partial charge in [-0.3, -0.25) is 4.79 Å². The van der Waals surface area contributed by atoms with Crippen molar-refractivity contribution in [1.82, 2.24) is 10.3 Å². The highest BCUT2D eigenvalue weighted by atomic mass is 19.1. The molecule has 5 heteroatoms. The van der Waals surface area contributed by atoms with Gasteiger partial charge in [-0.2, -0.15) is 0 Å². The summed E-state index contributed by atoms with van der Waals surface area (Å²) in [6.07, 6.45) is 2.44. The van der Waals surface area contributed by atoms with Crippen molar-refractivity contribution < 1.29 is 13.9 Å². The highest BCUT2D eigenvalue weighted by molar-refractivity contribution is 5.90. The van der Waals surface area contributed by atoms with Gasteiger partial charge in [0.25, 0.3) is 0 Å². The van der Waals surface area contributed by atoms with Crippen molar-refractivity contribution in [2.24, 2.45) is 0 Å². The number of aromatic amines is 1. The Balaban J connectivity index is 1.70. The number of nitrogens with one attached hydrogen (secondary N) is 2. The van der Waals surface area contributed by atoms with E-state index in [1.165, 1.54) is 12.1 Å². The van der Waals surface area contributed by atoms with Crippen LogP contribution in [0.5, 0.6) is 0 Å². The largest absolute Gasteiger partial charge is 0.376 e. The number of carbonyl (C=O) groups excluding carboxylic acids is 1. The van der Waals surface area contributed by atoms with E-state index >= 15 is 0 Å². The van der Waals surface area contributed by atoms with Gasteiger partial charge in [-0.15, -0.1) is 0 Å². The van der Waals surface area contributed by atoms with E-state index in [4.69, 9.17) is 4.74 Å². The van der Waals surface area contributed by atoms with Crippen molar-refractivity contribution in [1.29, 1.82) is 0 Å². The summed E-state index contributed by atoms with van der Waals surface area (Å²) in [5.74, 6) is -0.346. The van der Waals surface area contributed by atoms with Crippen molar-refractivity contribution in [2.75, 3.05) is 13.2 Å². The third kappa shape index (κ3) is 3.08. The molecule has 2 aromatic rings. The summed E-state index contributed by atoms with van der Waals surface area (Å²) in [6.45, 7) is 3.23. The second kappa shape index (κ2) is 5.85. The van der Waals surface area contributed by atoms with Crippen LogP contribution in [-0.2, 0) is 16.0 Å². The predicted octanol–water partition coefficient (Wildman–Crippen LogP) is 2.45. The quantitative estimate of drug-likeness (QED) is 0.909. The molecule has 1 fully saturated rings.